The van der Waals surface area contributed by atoms with Crippen LogP contribution in [0.1, 0.15) is 31.7 Å². The average Bonchev–Trinajstić information content (AvgIpc) is 3.32. The van der Waals surface area contributed by atoms with E-state index >= 15 is 0 Å². The predicted octanol–water partition coefficient (Wildman–Crippen LogP) is 2.01. The van der Waals surface area contributed by atoms with Gasteiger partial charge in [0.2, 0.25) is 10.0 Å². The first kappa shape index (κ1) is 14.9. The van der Waals surface area contributed by atoms with Crippen LogP contribution in [0.4, 0.5) is 4.39 Å². The first-order valence-corrected chi connectivity index (χ1v) is 8.95. The molecule has 0 spiro atoms. The Balaban J connectivity index is 1.65. The van der Waals surface area contributed by atoms with E-state index in [1.54, 1.807) is 6.07 Å². The molecule has 2 unspecified atom stereocenters. The largest absolute Gasteiger partial charge is 0.310 e. The molecule has 3 rings (SSSR count). The molecule has 2 aliphatic rings. The minimum absolute atomic E-state index is 0.258. The highest BCUT2D eigenvalue weighted by molar-refractivity contribution is 7.89. The second-order valence-electron chi connectivity index (χ2n) is 6.24. The molecule has 2 aliphatic carbocycles. The van der Waals surface area contributed by atoms with Gasteiger partial charge in [0.1, 0.15) is 10.7 Å². The Hall–Kier alpha value is -0.980. The summed E-state index contributed by atoms with van der Waals surface area (Å²) in [4.78, 5) is -0.258. The monoisotopic (exact) mass is 312 g/mol. The molecule has 0 radical (unpaired) electrons. The molecular weight excluding hydrogens is 291 g/mol. The molecule has 0 bridgehead atoms. The molecule has 0 saturated heterocycles. The Morgan fingerprint density at radius 2 is 2.05 bits per heavy atom. The first-order chi connectivity index (χ1) is 9.95. The molecule has 0 heterocycles. The van der Waals surface area contributed by atoms with E-state index < -0.39 is 15.8 Å². The number of halogens is 1. The molecule has 0 amide bonds. The van der Waals surface area contributed by atoms with Crippen LogP contribution in [-0.4, -0.2) is 21.0 Å². The maximum absolute atomic E-state index is 14.1. The van der Waals surface area contributed by atoms with Gasteiger partial charge in [-0.25, -0.2) is 17.5 Å². The van der Waals surface area contributed by atoms with Crippen molar-refractivity contribution in [1.29, 1.82) is 0 Å². The summed E-state index contributed by atoms with van der Waals surface area (Å²) in [5, 5.41) is 3.28. The zero-order valence-corrected chi connectivity index (χ0v) is 12.9. The van der Waals surface area contributed by atoms with E-state index in [9.17, 15) is 12.8 Å². The van der Waals surface area contributed by atoms with Crippen molar-refractivity contribution in [3.8, 4) is 0 Å². The predicted molar refractivity (Wildman–Crippen MR) is 78.7 cm³/mol. The number of hydrogen-bond donors (Lipinski definition) is 2. The molecular formula is C15H21FN2O2S. The third-order valence-corrected chi connectivity index (χ3v) is 5.73. The van der Waals surface area contributed by atoms with Gasteiger partial charge in [0.15, 0.2) is 0 Å². The Labute approximate surface area is 125 Å². The van der Waals surface area contributed by atoms with Gasteiger partial charge in [0, 0.05) is 19.1 Å². The van der Waals surface area contributed by atoms with Crippen LogP contribution in [0.5, 0.6) is 0 Å². The van der Waals surface area contributed by atoms with Crippen molar-refractivity contribution in [1.82, 2.24) is 10.0 Å². The van der Waals surface area contributed by atoms with Crippen LogP contribution in [0.25, 0.3) is 0 Å². The maximum Gasteiger partial charge on any atom is 0.243 e. The Morgan fingerprint density at radius 1 is 1.33 bits per heavy atom. The van der Waals surface area contributed by atoms with Crippen LogP contribution in [0.2, 0.25) is 0 Å². The van der Waals surface area contributed by atoms with Crippen LogP contribution in [-0.2, 0) is 16.6 Å². The Kier molecular flexibility index (Phi) is 4.03. The van der Waals surface area contributed by atoms with Crippen molar-refractivity contribution in [2.75, 3.05) is 6.54 Å². The molecule has 0 aliphatic heterocycles. The lowest BCUT2D eigenvalue weighted by Gasteiger charge is -2.09. The summed E-state index contributed by atoms with van der Waals surface area (Å²) in [5.41, 5.74) is 0.772. The normalized spacial score (nSPS) is 25.0. The minimum Gasteiger partial charge on any atom is -0.310 e. The van der Waals surface area contributed by atoms with E-state index in [1.165, 1.54) is 25.0 Å². The third-order valence-electron chi connectivity index (χ3n) is 4.27. The van der Waals surface area contributed by atoms with Crippen LogP contribution in [0.3, 0.4) is 0 Å². The molecule has 2 saturated carbocycles. The standard InChI is InChI=1S/C15H21FN2O2S/c1-10-6-12(10)9-18-21(19,20)15-5-2-11(7-14(15)16)8-17-13-3-4-13/h2,5,7,10,12-13,17-18H,3-4,6,8-9H2,1H3. The smallest absolute Gasteiger partial charge is 0.243 e. The van der Waals surface area contributed by atoms with Crippen LogP contribution in [0.15, 0.2) is 23.1 Å². The highest BCUT2D eigenvalue weighted by Gasteiger charge is 2.33. The van der Waals surface area contributed by atoms with Gasteiger partial charge < -0.3 is 5.32 Å². The van der Waals surface area contributed by atoms with Gasteiger partial charge in [-0.15, -0.1) is 0 Å². The van der Waals surface area contributed by atoms with E-state index in [0.29, 0.717) is 31.0 Å². The average molecular weight is 312 g/mol. The van der Waals surface area contributed by atoms with E-state index in [2.05, 4.69) is 17.0 Å². The highest BCUT2D eigenvalue weighted by atomic mass is 32.2. The maximum atomic E-state index is 14.1. The van der Waals surface area contributed by atoms with Crippen LogP contribution >= 0.6 is 0 Å². The van der Waals surface area contributed by atoms with E-state index in [4.69, 9.17) is 0 Å². The first-order valence-electron chi connectivity index (χ1n) is 7.47. The highest BCUT2D eigenvalue weighted by Crippen LogP contribution is 2.37. The van der Waals surface area contributed by atoms with E-state index in [1.807, 2.05) is 0 Å². The van der Waals surface area contributed by atoms with E-state index in [-0.39, 0.29) is 4.90 Å². The number of hydrogen-bond acceptors (Lipinski definition) is 3. The van der Waals surface area contributed by atoms with Gasteiger partial charge in [0.05, 0.1) is 0 Å². The quantitative estimate of drug-likeness (QED) is 0.810. The summed E-state index contributed by atoms with van der Waals surface area (Å²) in [7, 11) is -3.75. The molecule has 1 aromatic rings. The third kappa shape index (κ3) is 3.81. The summed E-state index contributed by atoms with van der Waals surface area (Å²) < 4.78 is 40.8. The fraction of sp³-hybridized carbons (Fsp3) is 0.600. The molecule has 116 valence electrons. The van der Waals surface area contributed by atoms with Gasteiger partial charge in [0.25, 0.3) is 0 Å². The lowest BCUT2D eigenvalue weighted by Crippen LogP contribution is -2.27. The van der Waals surface area contributed by atoms with Crippen molar-refractivity contribution in [2.24, 2.45) is 11.8 Å². The second-order valence-corrected chi connectivity index (χ2v) is 7.98. The van der Waals surface area contributed by atoms with Crippen molar-refractivity contribution >= 4 is 10.0 Å². The Morgan fingerprint density at radius 3 is 2.62 bits per heavy atom. The van der Waals surface area contributed by atoms with Crippen molar-refractivity contribution in [2.45, 2.75) is 43.7 Å². The zero-order chi connectivity index (χ0) is 15.0. The minimum atomic E-state index is -3.75. The zero-order valence-electron chi connectivity index (χ0n) is 12.1. The fourth-order valence-corrected chi connectivity index (χ4v) is 3.55. The number of sulfonamides is 1. The lowest BCUT2D eigenvalue weighted by molar-refractivity contribution is 0.551. The summed E-state index contributed by atoms with van der Waals surface area (Å²) in [6, 6.07) is 4.88. The molecule has 1 aromatic carbocycles. The molecule has 4 nitrogen and oxygen atoms in total. The number of nitrogens with one attached hydrogen (secondary N) is 2. The van der Waals surface area contributed by atoms with Crippen LogP contribution in [0, 0.1) is 17.7 Å². The van der Waals surface area contributed by atoms with Crippen molar-refractivity contribution in [3.05, 3.63) is 29.6 Å². The van der Waals surface area contributed by atoms with Gasteiger partial charge >= 0.3 is 0 Å². The Bertz CT molecular complexity index is 629. The van der Waals surface area contributed by atoms with Gasteiger partial charge in [-0.2, -0.15) is 0 Å². The second kappa shape index (κ2) is 5.66. The van der Waals surface area contributed by atoms with Crippen molar-refractivity contribution < 1.29 is 12.8 Å². The molecule has 2 atom stereocenters. The van der Waals surface area contributed by atoms with Gasteiger partial charge in [-0.3, -0.25) is 0 Å². The van der Waals surface area contributed by atoms with Crippen LogP contribution < -0.4 is 10.0 Å². The lowest BCUT2D eigenvalue weighted by atomic mass is 10.2. The van der Waals surface area contributed by atoms with Gasteiger partial charge in [-0.1, -0.05) is 13.0 Å². The summed E-state index contributed by atoms with van der Waals surface area (Å²) in [6.45, 7) is 3.06. The van der Waals surface area contributed by atoms with Gasteiger partial charge in [-0.05, 0) is 48.8 Å². The summed E-state index contributed by atoms with van der Waals surface area (Å²) in [5.74, 6) is 0.278. The molecule has 2 N–H and O–H groups in total. The topological polar surface area (TPSA) is 58.2 Å². The fourth-order valence-electron chi connectivity index (χ4n) is 2.40. The van der Waals surface area contributed by atoms with Crippen molar-refractivity contribution in [3.63, 3.8) is 0 Å². The summed E-state index contributed by atoms with van der Waals surface area (Å²) in [6.07, 6.45) is 3.37. The molecule has 2 fully saturated rings. The SMILES string of the molecule is CC1CC1CNS(=O)(=O)c1ccc(CNC2CC2)cc1F. The van der Waals surface area contributed by atoms with E-state index in [0.717, 1.165) is 12.0 Å². The number of rotatable bonds is 7. The molecule has 21 heavy (non-hydrogen) atoms. The molecule has 6 heteroatoms. The number of benzene rings is 1. The summed E-state index contributed by atoms with van der Waals surface area (Å²) >= 11 is 0. The molecule has 0 aromatic heterocycles.